The first-order valence-electron chi connectivity index (χ1n) is 12.3. The van der Waals surface area contributed by atoms with E-state index in [1.165, 1.54) is 77.5 Å². The zero-order chi connectivity index (χ0) is 22.4. The van der Waals surface area contributed by atoms with E-state index in [1.807, 2.05) is 0 Å². The molecule has 0 nitrogen and oxygen atoms in total. The Bertz CT molecular complexity index is 949. The van der Waals surface area contributed by atoms with Gasteiger partial charge in [0.2, 0.25) is 0 Å². The highest BCUT2D eigenvalue weighted by Crippen LogP contribution is 2.45. The van der Waals surface area contributed by atoms with Gasteiger partial charge in [-0.25, -0.2) is 0 Å². The van der Waals surface area contributed by atoms with Gasteiger partial charge in [0.25, 0.3) is 0 Å². The van der Waals surface area contributed by atoms with Gasteiger partial charge in [0.05, 0.1) is 0 Å². The fourth-order valence-corrected chi connectivity index (χ4v) is 5.37. The van der Waals surface area contributed by atoms with Crippen LogP contribution in [-0.4, -0.2) is 0 Å². The lowest BCUT2D eigenvalue weighted by Gasteiger charge is -2.34. The number of hydrogen-bond acceptors (Lipinski definition) is 0. The molecule has 4 rings (SSSR count). The maximum Gasteiger partial charge on any atom is 0.0164 e. The van der Waals surface area contributed by atoms with E-state index < -0.39 is 0 Å². The van der Waals surface area contributed by atoms with Crippen LogP contribution in [-0.2, 0) is 10.8 Å². The van der Waals surface area contributed by atoms with Crippen LogP contribution in [0, 0.1) is 11.8 Å². The van der Waals surface area contributed by atoms with Gasteiger partial charge in [-0.3, -0.25) is 0 Å². The third kappa shape index (κ3) is 4.84. The average molecular weight is 414 g/mol. The molecule has 0 heterocycles. The van der Waals surface area contributed by atoms with Crippen LogP contribution in [0.1, 0.15) is 109 Å². The van der Waals surface area contributed by atoms with Crippen molar-refractivity contribution in [2.75, 3.05) is 0 Å². The fourth-order valence-electron chi connectivity index (χ4n) is 5.37. The van der Waals surface area contributed by atoms with E-state index in [1.54, 1.807) is 0 Å². The summed E-state index contributed by atoms with van der Waals surface area (Å²) in [6.07, 6.45) is 13.1. The van der Waals surface area contributed by atoms with Gasteiger partial charge in [-0.1, -0.05) is 116 Å². The summed E-state index contributed by atoms with van der Waals surface area (Å²) >= 11 is 0. The van der Waals surface area contributed by atoms with Crippen molar-refractivity contribution < 1.29 is 0 Å². The summed E-state index contributed by atoms with van der Waals surface area (Å²) in [5.41, 5.74) is 10.7. The van der Waals surface area contributed by atoms with Crippen LogP contribution in [0.5, 0.6) is 0 Å². The van der Waals surface area contributed by atoms with Crippen molar-refractivity contribution in [3.8, 4) is 11.1 Å². The van der Waals surface area contributed by atoms with E-state index in [2.05, 4.69) is 97.4 Å². The largest absolute Gasteiger partial charge is 0.0613 e. The molecule has 1 saturated carbocycles. The minimum atomic E-state index is 0.136. The molecule has 0 aromatic heterocycles. The molecular formula is C31H41. The molecule has 0 saturated heterocycles. The Kier molecular flexibility index (Phi) is 5.74. The van der Waals surface area contributed by atoms with E-state index in [4.69, 9.17) is 0 Å². The van der Waals surface area contributed by atoms with E-state index in [0.717, 1.165) is 0 Å². The molecule has 31 heavy (non-hydrogen) atoms. The van der Waals surface area contributed by atoms with Gasteiger partial charge in [-0.05, 0) is 68.9 Å². The van der Waals surface area contributed by atoms with Gasteiger partial charge < -0.3 is 0 Å². The van der Waals surface area contributed by atoms with Crippen LogP contribution >= 0.6 is 0 Å². The predicted molar refractivity (Wildman–Crippen MR) is 136 cm³/mol. The molecule has 165 valence electrons. The molecule has 0 unspecified atom stereocenters. The summed E-state index contributed by atoms with van der Waals surface area (Å²) in [4.78, 5) is 0. The first-order chi connectivity index (χ1) is 14.4. The zero-order valence-corrected chi connectivity index (χ0v) is 20.9. The van der Waals surface area contributed by atoms with Crippen molar-refractivity contribution >= 4 is 6.08 Å². The molecule has 2 aliphatic rings. The summed E-state index contributed by atoms with van der Waals surface area (Å²) in [7, 11) is 0. The first kappa shape index (κ1) is 22.4. The number of fused-ring (bicyclic) bond motifs is 1. The van der Waals surface area contributed by atoms with Gasteiger partial charge >= 0.3 is 0 Å². The molecule has 0 spiro atoms. The Morgan fingerprint density at radius 1 is 0.806 bits per heavy atom. The second-order valence-electron chi connectivity index (χ2n) is 12.5. The van der Waals surface area contributed by atoms with E-state index >= 15 is 0 Å². The molecule has 2 aliphatic carbocycles. The lowest BCUT2D eigenvalue weighted by Crippen LogP contribution is -2.20. The van der Waals surface area contributed by atoms with Crippen LogP contribution in [0.3, 0.4) is 0 Å². The minimum Gasteiger partial charge on any atom is -0.0613 e. The Morgan fingerprint density at radius 3 is 2.00 bits per heavy atom. The second kappa shape index (κ2) is 7.95. The van der Waals surface area contributed by atoms with Crippen LogP contribution in [0.25, 0.3) is 17.2 Å². The lowest BCUT2D eigenvalue weighted by molar-refractivity contribution is 0.216. The average Bonchev–Trinajstić information content (AvgIpc) is 3.08. The summed E-state index contributed by atoms with van der Waals surface area (Å²) in [5.74, 6) is 0. The molecule has 0 amide bonds. The molecule has 0 aliphatic heterocycles. The molecule has 2 aromatic carbocycles. The van der Waals surface area contributed by atoms with Gasteiger partial charge in [0.1, 0.15) is 0 Å². The number of allylic oxidation sites excluding steroid dienone is 1. The van der Waals surface area contributed by atoms with Crippen LogP contribution in [0.15, 0.2) is 42.0 Å². The fraction of sp³-hybridized carbons (Fsp3) is 0.516. The van der Waals surface area contributed by atoms with E-state index in [0.29, 0.717) is 5.41 Å². The first-order valence-corrected chi connectivity index (χ1v) is 12.3. The Hall–Kier alpha value is -1.82. The number of benzene rings is 2. The Morgan fingerprint density at radius 2 is 1.42 bits per heavy atom. The SMILES string of the molecule is CC1(CC2=Cc3c(cccc3-c3cc(C(C)(C)C)cc(C(C)(C)C)c3)[CH]2)CCCCC1. The van der Waals surface area contributed by atoms with Crippen LogP contribution in [0.4, 0.5) is 0 Å². The highest BCUT2D eigenvalue weighted by molar-refractivity contribution is 5.83. The smallest absolute Gasteiger partial charge is 0.0164 e. The maximum atomic E-state index is 2.51. The Labute approximate surface area is 191 Å². The second-order valence-corrected chi connectivity index (χ2v) is 12.5. The molecule has 0 heteroatoms. The summed E-state index contributed by atoms with van der Waals surface area (Å²) in [6.45, 7) is 16.5. The summed E-state index contributed by atoms with van der Waals surface area (Å²) in [6, 6.07) is 14.1. The zero-order valence-electron chi connectivity index (χ0n) is 20.9. The van der Waals surface area contributed by atoms with Gasteiger partial charge in [0.15, 0.2) is 0 Å². The monoisotopic (exact) mass is 413 g/mol. The normalized spacial score (nSPS) is 18.6. The summed E-state index contributed by atoms with van der Waals surface area (Å²) in [5, 5.41) is 0. The molecule has 0 bridgehead atoms. The maximum absolute atomic E-state index is 2.51. The van der Waals surface area contributed by atoms with Crippen molar-refractivity contribution in [2.24, 2.45) is 5.41 Å². The molecule has 1 radical (unpaired) electrons. The highest BCUT2D eigenvalue weighted by atomic mass is 14.3. The number of hydrogen-bond donors (Lipinski definition) is 0. The Balaban J connectivity index is 1.75. The predicted octanol–water partition coefficient (Wildman–Crippen LogP) is 9.26. The van der Waals surface area contributed by atoms with Crippen molar-refractivity contribution in [2.45, 2.75) is 97.8 Å². The topological polar surface area (TPSA) is 0 Å². The van der Waals surface area contributed by atoms with Crippen LogP contribution in [0.2, 0.25) is 0 Å². The molecular weight excluding hydrogens is 372 g/mol. The third-order valence-corrected chi connectivity index (χ3v) is 7.48. The molecule has 0 atom stereocenters. The highest BCUT2D eigenvalue weighted by Gasteiger charge is 2.30. The van der Waals surface area contributed by atoms with Crippen molar-refractivity contribution in [1.29, 1.82) is 0 Å². The van der Waals surface area contributed by atoms with Crippen molar-refractivity contribution in [1.82, 2.24) is 0 Å². The molecule has 1 fully saturated rings. The van der Waals surface area contributed by atoms with Gasteiger partial charge in [-0.15, -0.1) is 0 Å². The summed E-state index contributed by atoms with van der Waals surface area (Å²) < 4.78 is 0. The van der Waals surface area contributed by atoms with Gasteiger partial charge in [-0.2, -0.15) is 0 Å². The number of rotatable bonds is 3. The standard InChI is InChI=1S/C31H41/c1-29(2,3)25-18-24(19-26(20-25)30(4,5)6)27-13-11-12-23-16-22(17-28(23)27)21-31(7)14-9-8-10-15-31/h11-13,16-20H,8-10,14-15,21H2,1-7H3. The molecule has 2 aromatic rings. The van der Waals surface area contributed by atoms with Crippen molar-refractivity contribution in [3.05, 3.63) is 70.6 Å². The van der Waals surface area contributed by atoms with E-state index in [9.17, 15) is 0 Å². The minimum absolute atomic E-state index is 0.136. The lowest BCUT2D eigenvalue weighted by atomic mass is 9.71. The third-order valence-electron chi connectivity index (χ3n) is 7.48. The van der Waals surface area contributed by atoms with E-state index in [-0.39, 0.29) is 10.8 Å². The van der Waals surface area contributed by atoms with Crippen molar-refractivity contribution in [3.63, 3.8) is 0 Å². The van der Waals surface area contributed by atoms with Gasteiger partial charge in [0, 0.05) is 6.42 Å². The van der Waals surface area contributed by atoms with Crippen LogP contribution < -0.4 is 0 Å². The molecule has 0 N–H and O–H groups in total. The quantitative estimate of drug-likeness (QED) is 0.470.